The fourth-order valence-electron chi connectivity index (χ4n) is 1.63. The largest absolute Gasteiger partial charge is 0.389 e. The number of carbonyl (C=O) groups is 1. The Balaban J connectivity index is 1.73. The molecule has 3 nitrogen and oxygen atoms in total. The van der Waals surface area contributed by atoms with Gasteiger partial charge in [0.25, 0.3) is 0 Å². The third kappa shape index (κ3) is 3.20. The van der Waals surface area contributed by atoms with Gasteiger partial charge in [0.1, 0.15) is 5.82 Å². The predicted octanol–water partition coefficient (Wildman–Crippen LogP) is 1.51. The molecule has 0 bridgehead atoms. The van der Waals surface area contributed by atoms with E-state index in [1.807, 2.05) is 0 Å². The second-order valence-electron chi connectivity index (χ2n) is 3.98. The molecule has 0 saturated carbocycles. The SMILES string of the molecule is O=C(CCSc1ccccc1F)N1CC(O)C1. The van der Waals surface area contributed by atoms with Crippen LogP contribution in [0, 0.1) is 5.82 Å². The van der Waals surface area contributed by atoms with Crippen molar-refractivity contribution in [1.29, 1.82) is 0 Å². The molecule has 0 radical (unpaired) electrons. The van der Waals surface area contributed by atoms with Crippen LogP contribution in [0.25, 0.3) is 0 Å². The second kappa shape index (κ2) is 5.51. The summed E-state index contributed by atoms with van der Waals surface area (Å²) in [6.07, 6.45) is 0.0179. The number of rotatable bonds is 4. The average molecular weight is 255 g/mol. The smallest absolute Gasteiger partial charge is 0.223 e. The molecule has 92 valence electrons. The molecule has 1 aromatic carbocycles. The molecule has 2 rings (SSSR count). The molecular weight excluding hydrogens is 241 g/mol. The van der Waals surface area contributed by atoms with Gasteiger partial charge in [0.2, 0.25) is 5.91 Å². The summed E-state index contributed by atoms with van der Waals surface area (Å²) in [6.45, 7) is 0.867. The van der Waals surface area contributed by atoms with E-state index in [4.69, 9.17) is 5.11 Å². The van der Waals surface area contributed by atoms with E-state index >= 15 is 0 Å². The van der Waals surface area contributed by atoms with Crippen molar-refractivity contribution in [3.63, 3.8) is 0 Å². The van der Waals surface area contributed by atoms with E-state index in [2.05, 4.69) is 0 Å². The fourth-order valence-corrected chi connectivity index (χ4v) is 2.50. The van der Waals surface area contributed by atoms with Crippen molar-refractivity contribution in [2.45, 2.75) is 17.4 Å². The number of halogens is 1. The zero-order valence-electron chi connectivity index (χ0n) is 9.30. The van der Waals surface area contributed by atoms with E-state index in [1.54, 1.807) is 23.1 Å². The Morgan fingerprint density at radius 1 is 1.47 bits per heavy atom. The Kier molecular flexibility index (Phi) is 4.02. The number of aliphatic hydroxyl groups excluding tert-OH is 1. The van der Waals surface area contributed by atoms with E-state index in [-0.39, 0.29) is 17.8 Å². The maximum absolute atomic E-state index is 13.3. The van der Waals surface area contributed by atoms with E-state index < -0.39 is 0 Å². The molecule has 0 atom stereocenters. The molecular formula is C12H14FNO2S. The Morgan fingerprint density at radius 2 is 2.18 bits per heavy atom. The fraction of sp³-hybridized carbons (Fsp3) is 0.417. The van der Waals surface area contributed by atoms with Crippen LogP contribution in [0.4, 0.5) is 4.39 Å². The summed E-state index contributed by atoms with van der Waals surface area (Å²) in [5.41, 5.74) is 0. The summed E-state index contributed by atoms with van der Waals surface area (Å²) in [6, 6.07) is 6.54. The van der Waals surface area contributed by atoms with Gasteiger partial charge in [-0.05, 0) is 12.1 Å². The number of hydrogen-bond acceptors (Lipinski definition) is 3. The van der Waals surface area contributed by atoms with Gasteiger partial charge in [-0.15, -0.1) is 11.8 Å². The molecule has 1 aromatic rings. The standard InChI is InChI=1S/C12H14FNO2S/c13-10-3-1-2-4-11(10)17-6-5-12(16)14-7-9(15)8-14/h1-4,9,15H,5-8H2. The molecule has 1 aliphatic heterocycles. The highest BCUT2D eigenvalue weighted by Gasteiger charge is 2.27. The quantitative estimate of drug-likeness (QED) is 0.829. The number of aliphatic hydroxyl groups is 1. The minimum Gasteiger partial charge on any atom is -0.389 e. The maximum Gasteiger partial charge on any atom is 0.223 e. The Morgan fingerprint density at radius 3 is 2.82 bits per heavy atom. The lowest BCUT2D eigenvalue weighted by Crippen LogP contribution is -2.53. The van der Waals surface area contributed by atoms with Crippen molar-refractivity contribution < 1.29 is 14.3 Å². The number of benzene rings is 1. The molecule has 0 aliphatic carbocycles. The molecule has 1 heterocycles. The topological polar surface area (TPSA) is 40.5 Å². The highest BCUT2D eigenvalue weighted by molar-refractivity contribution is 7.99. The number of amides is 1. The van der Waals surface area contributed by atoms with Gasteiger partial charge < -0.3 is 10.0 Å². The normalized spacial score (nSPS) is 15.8. The van der Waals surface area contributed by atoms with Crippen LogP contribution in [-0.4, -0.2) is 40.9 Å². The van der Waals surface area contributed by atoms with Crippen molar-refractivity contribution >= 4 is 17.7 Å². The van der Waals surface area contributed by atoms with Crippen LogP contribution in [0.5, 0.6) is 0 Å². The summed E-state index contributed by atoms with van der Waals surface area (Å²) in [5.74, 6) is 0.343. The zero-order chi connectivity index (χ0) is 12.3. The number of thioether (sulfide) groups is 1. The van der Waals surface area contributed by atoms with Gasteiger partial charge in [-0.2, -0.15) is 0 Å². The highest BCUT2D eigenvalue weighted by atomic mass is 32.2. The number of β-amino-alcohol motifs (C(OH)–C–C–N with tert-alkyl or cyclic N) is 1. The molecule has 17 heavy (non-hydrogen) atoms. The first-order valence-electron chi connectivity index (χ1n) is 5.50. The maximum atomic E-state index is 13.3. The molecule has 1 fully saturated rings. The third-order valence-corrected chi connectivity index (χ3v) is 3.68. The first-order chi connectivity index (χ1) is 8.16. The summed E-state index contributed by atoms with van der Waals surface area (Å²) in [7, 11) is 0. The van der Waals surface area contributed by atoms with Crippen LogP contribution in [0.15, 0.2) is 29.2 Å². The molecule has 1 saturated heterocycles. The molecule has 0 aromatic heterocycles. The lowest BCUT2D eigenvalue weighted by molar-refractivity contribution is -0.140. The summed E-state index contributed by atoms with van der Waals surface area (Å²) in [5, 5.41) is 9.06. The van der Waals surface area contributed by atoms with E-state index in [1.165, 1.54) is 17.8 Å². The van der Waals surface area contributed by atoms with Crippen LogP contribution < -0.4 is 0 Å². The van der Waals surface area contributed by atoms with Gasteiger partial charge in [-0.25, -0.2) is 4.39 Å². The molecule has 1 N–H and O–H groups in total. The van der Waals surface area contributed by atoms with Crippen molar-refractivity contribution in [2.75, 3.05) is 18.8 Å². The lowest BCUT2D eigenvalue weighted by atomic mass is 10.1. The number of carbonyl (C=O) groups excluding carboxylic acids is 1. The van der Waals surface area contributed by atoms with Crippen molar-refractivity contribution in [3.8, 4) is 0 Å². The van der Waals surface area contributed by atoms with Crippen LogP contribution in [-0.2, 0) is 4.79 Å². The Hall–Kier alpha value is -1.07. The molecule has 1 amide bonds. The number of likely N-dealkylation sites (tertiary alicyclic amines) is 1. The van der Waals surface area contributed by atoms with Gasteiger partial charge in [-0.1, -0.05) is 12.1 Å². The molecule has 5 heteroatoms. The number of nitrogens with zero attached hydrogens (tertiary/aromatic N) is 1. The first-order valence-corrected chi connectivity index (χ1v) is 6.48. The van der Waals surface area contributed by atoms with E-state index in [9.17, 15) is 9.18 Å². The average Bonchev–Trinajstić information content (AvgIpc) is 2.27. The van der Waals surface area contributed by atoms with Gasteiger partial charge in [0.15, 0.2) is 0 Å². The molecule has 0 spiro atoms. The van der Waals surface area contributed by atoms with Gasteiger partial charge in [-0.3, -0.25) is 4.79 Å². The predicted molar refractivity (Wildman–Crippen MR) is 64.3 cm³/mol. The molecule has 0 unspecified atom stereocenters. The van der Waals surface area contributed by atoms with Crippen LogP contribution in [0.1, 0.15) is 6.42 Å². The van der Waals surface area contributed by atoms with Gasteiger partial charge in [0, 0.05) is 30.2 Å². The zero-order valence-corrected chi connectivity index (χ0v) is 10.1. The minimum absolute atomic E-state index is 0.0270. The van der Waals surface area contributed by atoms with Crippen LogP contribution in [0.2, 0.25) is 0 Å². The Labute approximate surface area is 104 Å². The van der Waals surface area contributed by atoms with E-state index in [0.29, 0.717) is 30.2 Å². The van der Waals surface area contributed by atoms with Gasteiger partial charge in [0.05, 0.1) is 6.10 Å². The third-order valence-electron chi connectivity index (χ3n) is 2.63. The van der Waals surface area contributed by atoms with Crippen molar-refractivity contribution in [1.82, 2.24) is 4.90 Å². The first kappa shape index (κ1) is 12.4. The van der Waals surface area contributed by atoms with Gasteiger partial charge >= 0.3 is 0 Å². The summed E-state index contributed by atoms with van der Waals surface area (Å²) in [4.78, 5) is 13.7. The molecule has 1 aliphatic rings. The second-order valence-corrected chi connectivity index (χ2v) is 5.12. The lowest BCUT2D eigenvalue weighted by Gasteiger charge is -2.35. The minimum atomic E-state index is -0.363. The van der Waals surface area contributed by atoms with Crippen LogP contribution in [0.3, 0.4) is 0 Å². The summed E-state index contributed by atoms with van der Waals surface area (Å²) < 4.78 is 13.3. The van der Waals surface area contributed by atoms with E-state index in [0.717, 1.165) is 0 Å². The number of hydrogen-bond donors (Lipinski definition) is 1. The summed E-state index contributed by atoms with van der Waals surface area (Å²) >= 11 is 1.34. The Bertz CT molecular complexity index is 407. The van der Waals surface area contributed by atoms with Crippen molar-refractivity contribution in [2.24, 2.45) is 0 Å². The van der Waals surface area contributed by atoms with Crippen LogP contribution >= 0.6 is 11.8 Å². The van der Waals surface area contributed by atoms with Crippen molar-refractivity contribution in [3.05, 3.63) is 30.1 Å². The monoisotopic (exact) mass is 255 g/mol. The highest BCUT2D eigenvalue weighted by Crippen LogP contribution is 2.22.